The van der Waals surface area contributed by atoms with E-state index in [4.69, 9.17) is 14.5 Å². The normalized spacial score (nSPS) is 20.0. The highest BCUT2D eigenvalue weighted by molar-refractivity contribution is 9.10. The van der Waals surface area contributed by atoms with Gasteiger partial charge in [-0.1, -0.05) is 0 Å². The molecule has 1 aromatic carbocycles. The Labute approximate surface area is 243 Å². The summed E-state index contributed by atoms with van der Waals surface area (Å²) >= 11 is 3.42. The van der Waals surface area contributed by atoms with Crippen molar-refractivity contribution in [3.8, 4) is 11.9 Å². The Balaban J connectivity index is 1.62. The number of benzene rings is 1. The van der Waals surface area contributed by atoms with Crippen molar-refractivity contribution in [2.45, 2.75) is 77.5 Å². The monoisotopic (exact) mass is 613 g/mol. The highest BCUT2D eigenvalue weighted by Crippen LogP contribution is 2.41. The number of likely N-dealkylation sites (N-methyl/N-ethyl adjacent to an activating group) is 1. The fourth-order valence-corrected chi connectivity index (χ4v) is 6.47. The molecule has 2 aliphatic heterocycles. The van der Waals surface area contributed by atoms with E-state index in [9.17, 15) is 10.1 Å². The van der Waals surface area contributed by atoms with Crippen molar-refractivity contribution in [1.82, 2.24) is 19.4 Å². The van der Waals surface area contributed by atoms with E-state index in [1.807, 2.05) is 33.8 Å². The third kappa shape index (κ3) is 5.51. The first-order valence-electron chi connectivity index (χ1n) is 14.0. The van der Waals surface area contributed by atoms with Crippen molar-refractivity contribution in [2.24, 2.45) is 0 Å². The fraction of sp³-hybridized carbons (Fsp3) is 0.567. The van der Waals surface area contributed by atoms with Crippen LogP contribution in [0.25, 0.3) is 21.8 Å². The topological polar surface area (TPSA) is 83.6 Å². The predicted octanol–water partition coefficient (Wildman–Crippen LogP) is 6.51. The third-order valence-corrected chi connectivity index (χ3v) is 8.81. The Hall–Kier alpha value is -2.90. The molecule has 1 amide bonds. The number of rotatable bonds is 6. The number of aryl methyl sites for hydroxylation is 2. The van der Waals surface area contributed by atoms with Crippen LogP contribution in [-0.4, -0.2) is 70.4 Å². The molecule has 0 spiro atoms. The Morgan fingerprint density at radius 3 is 2.70 bits per heavy atom. The van der Waals surface area contributed by atoms with Crippen LogP contribution in [-0.2, 0) is 11.2 Å². The second-order valence-corrected chi connectivity index (χ2v) is 12.8. The maximum atomic E-state index is 15.9. The predicted molar refractivity (Wildman–Crippen MR) is 156 cm³/mol. The summed E-state index contributed by atoms with van der Waals surface area (Å²) in [6.07, 6.45) is 3.31. The van der Waals surface area contributed by atoms with Gasteiger partial charge in [0.05, 0.1) is 27.5 Å². The molecule has 0 radical (unpaired) electrons. The SMILES string of the molecule is Cc1cc2c(OCC3CCCN3C)nc3c(F)c(Br)c(CCC#N)cc3c2n1C1CCN(C(=O)OC(C)(C)C)C1. The lowest BCUT2D eigenvalue weighted by Crippen LogP contribution is -2.35. The number of carbonyl (C=O) groups is 1. The van der Waals surface area contributed by atoms with Gasteiger partial charge in [-0.2, -0.15) is 5.26 Å². The van der Waals surface area contributed by atoms with Gasteiger partial charge >= 0.3 is 6.09 Å². The lowest BCUT2D eigenvalue weighted by molar-refractivity contribution is 0.0289. The van der Waals surface area contributed by atoms with Gasteiger partial charge in [0.25, 0.3) is 0 Å². The van der Waals surface area contributed by atoms with Gasteiger partial charge in [0.15, 0.2) is 5.82 Å². The summed E-state index contributed by atoms with van der Waals surface area (Å²) in [6, 6.07) is 6.43. The number of carbonyl (C=O) groups excluding carboxylic acids is 1. The van der Waals surface area contributed by atoms with E-state index in [-0.39, 0.29) is 30.1 Å². The number of fused-ring (bicyclic) bond motifs is 3. The molecule has 2 fully saturated rings. The Morgan fingerprint density at radius 1 is 1.25 bits per heavy atom. The number of likely N-dealkylation sites (tertiary alicyclic amines) is 2. The molecule has 2 aliphatic rings. The minimum Gasteiger partial charge on any atom is -0.476 e. The Bertz CT molecular complexity index is 1490. The molecule has 0 N–H and O–H groups in total. The molecule has 10 heteroatoms. The van der Waals surface area contributed by atoms with Crippen LogP contribution in [0.5, 0.6) is 5.88 Å². The highest BCUT2D eigenvalue weighted by atomic mass is 79.9. The number of pyridine rings is 1. The summed E-state index contributed by atoms with van der Waals surface area (Å²) in [5.74, 6) is -0.0374. The lowest BCUT2D eigenvalue weighted by atomic mass is 10.0. The smallest absolute Gasteiger partial charge is 0.410 e. The number of hydrogen-bond acceptors (Lipinski definition) is 6. The van der Waals surface area contributed by atoms with E-state index >= 15 is 4.39 Å². The Morgan fingerprint density at radius 2 is 2.02 bits per heavy atom. The molecular weight excluding hydrogens is 577 g/mol. The van der Waals surface area contributed by atoms with Gasteiger partial charge < -0.3 is 23.8 Å². The van der Waals surface area contributed by atoms with E-state index in [2.05, 4.69) is 44.6 Å². The molecule has 8 nitrogen and oxygen atoms in total. The molecule has 0 aliphatic carbocycles. The van der Waals surface area contributed by atoms with E-state index in [1.165, 1.54) is 0 Å². The number of nitrogens with zero attached hydrogens (tertiary/aromatic N) is 5. The van der Waals surface area contributed by atoms with Crippen LogP contribution in [0.2, 0.25) is 0 Å². The number of amides is 1. The fourth-order valence-electron chi connectivity index (χ4n) is 5.97. The van der Waals surface area contributed by atoms with Crippen molar-refractivity contribution in [1.29, 1.82) is 5.26 Å². The summed E-state index contributed by atoms with van der Waals surface area (Å²) in [5.41, 5.74) is 2.22. The second kappa shape index (κ2) is 11.2. The maximum absolute atomic E-state index is 15.9. The first-order valence-corrected chi connectivity index (χ1v) is 14.8. The summed E-state index contributed by atoms with van der Waals surface area (Å²) in [5, 5.41) is 10.7. The average molecular weight is 615 g/mol. The molecular formula is C30H37BrFN5O3. The average Bonchev–Trinajstić information content (AvgIpc) is 3.61. The number of aromatic nitrogens is 2. The maximum Gasteiger partial charge on any atom is 0.410 e. The molecule has 2 unspecified atom stereocenters. The van der Waals surface area contributed by atoms with Crippen molar-refractivity contribution < 1.29 is 18.7 Å². The van der Waals surface area contributed by atoms with Crippen LogP contribution in [0.4, 0.5) is 9.18 Å². The summed E-state index contributed by atoms with van der Waals surface area (Å²) in [6.45, 7) is 10.2. The molecule has 2 atom stereocenters. The molecule has 2 aromatic heterocycles. The van der Waals surface area contributed by atoms with Gasteiger partial charge in [0, 0.05) is 36.6 Å². The zero-order valence-corrected chi connectivity index (χ0v) is 25.5. The minimum atomic E-state index is -0.572. The zero-order chi connectivity index (χ0) is 28.8. The minimum absolute atomic E-state index is 0.0151. The van der Waals surface area contributed by atoms with Crippen molar-refractivity contribution in [3.05, 3.63) is 33.7 Å². The van der Waals surface area contributed by atoms with Crippen molar-refractivity contribution >= 4 is 43.8 Å². The quantitative estimate of drug-likeness (QED) is 0.315. The number of nitriles is 1. The van der Waals surface area contributed by atoms with Crippen molar-refractivity contribution in [3.63, 3.8) is 0 Å². The molecule has 40 heavy (non-hydrogen) atoms. The van der Waals surface area contributed by atoms with E-state index < -0.39 is 11.4 Å². The van der Waals surface area contributed by atoms with Crippen LogP contribution in [0.3, 0.4) is 0 Å². The van der Waals surface area contributed by atoms with Crippen LogP contribution >= 0.6 is 15.9 Å². The van der Waals surface area contributed by atoms with Crippen LogP contribution in [0.1, 0.15) is 63.8 Å². The van der Waals surface area contributed by atoms with Gasteiger partial charge in [0.1, 0.15) is 17.7 Å². The van der Waals surface area contributed by atoms with Gasteiger partial charge in [-0.05, 0) is 101 Å². The standard InChI is InChI=1S/C30H37BrFN5O3/c1-18-14-23-27(37(18)20-10-13-36(16-20)29(38)40-30(2,3)4)22-15-19(8-6-11-33)24(31)25(32)26(22)34-28(23)39-17-21-9-7-12-35(21)5/h14-15,20-21H,6-10,12-13,16-17H2,1-5H3. The molecule has 0 bridgehead atoms. The zero-order valence-electron chi connectivity index (χ0n) is 23.9. The molecule has 3 aromatic rings. The highest BCUT2D eigenvalue weighted by Gasteiger charge is 2.33. The van der Waals surface area contributed by atoms with Gasteiger partial charge in [0.2, 0.25) is 5.88 Å². The van der Waals surface area contributed by atoms with E-state index in [1.54, 1.807) is 4.90 Å². The summed E-state index contributed by atoms with van der Waals surface area (Å²) in [7, 11) is 2.10. The van der Waals surface area contributed by atoms with Crippen LogP contribution in [0, 0.1) is 24.1 Å². The molecule has 214 valence electrons. The number of ether oxygens (including phenoxy) is 2. The molecule has 0 saturated carbocycles. The van der Waals surface area contributed by atoms with E-state index in [0.29, 0.717) is 41.9 Å². The second-order valence-electron chi connectivity index (χ2n) is 12.0. The molecule has 5 rings (SSSR count). The summed E-state index contributed by atoms with van der Waals surface area (Å²) in [4.78, 5) is 21.6. The Kier molecular flexibility index (Phi) is 7.99. The largest absolute Gasteiger partial charge is 0.476 e. The molecule has 2 saturated heterocycles. The van der Waals surface area contributed by atoms with Gasteiger partial charge in [-0.25, -0.2) is 14.2 Å². The number of halogens is 2. The van der Waals surface area contributed by atoms with Crippen LogP contribution in [0.15, 0.2) is 16.6 Å². The first-order chi connectivity index (χ1) is 19.0. The van der Waals surface area contributed by atoms with Crippen molar-refractivity contribution in [2.75, 3.05) is 33.3 Å². The first kappa shape index (κ1) is 28.6. The van der Waals surface area contributed by atoms with Gasteiger partial charge in [-0.3, -0.25) is 0 Å². The van der Waals surface area contributed by atoms with Crippen LogP contribution < -0.4 is 4.74 Å². The number of hydrogen-bond donors (Lipinski definition) is 0. The third-order valence-electron chi connectivity index (χ3n) is 7.95. The molecule has 4 heterocycles. The summed E-state index contributed by atoms with van der Waals surface area (Å²) < 4.78 is 30.4. The lowest BCUT2D eigenvalue weighted by Gasteiger charge is -2.25. The van der Waals surface area contributed by atoms with Gasteiger partial charge in [-0.15, -0.1) is 0 Å². The van der Waals surface area contributed by atoms with E-state index in [0.717, 1.165) is 48.0 Å².